The van der Waals surface area contributed by atoms with Gasteiger partial charge < -0.3 is 10.4 Å². The molecule has 0 aromatic carbocycles. The second-order valence-corrected chi connectivity index (χ2v) is 4.18. The van der Waals surface area contributed by atoms with Gasteiger partial charge in [-0.1, -0.05) is 6.92 Å². The van der Waals surface area contributed by atoms with Crippen LogP contribution in [0, 0.1) is 5.92 Å². The van der Waals surface area contributed by atoms with Crippen LogP contribution in [-0.4, -0.2) is 48.3 Å². The summed E-state index contributed by atoms with van der Waals surface area (Å²) in [6.45, 7) is 10.3. The minimum absolute atomic E-state index is 0.138. The molecule has 1 aliphatic rings. The van der Waals surface area contributed by atoms with E-state index in [0.29, 0.717) is 12.0 Å². The molecule has 1 rings (SSSR count). The second kappa shape index (κ2) is 4.94. The van der Waals surface area contributed by atoms with Gasteiger partial charge in [0.15, 0.2) is 0 Å². The Bertz CT molecular complexity index is 150. The van der Waals surface area contributed by atoms with Gasteiger partial charge in [-0.15, -0.1) is 0 Å². The molecule has 1 heterocycles. The Labute approximate surface area is 81.1 Å². The highest BCUT2D eigenvalue weighted by molar-refractivity contribution is 4.86. The lowest BCUT2D eigenvalue weighted by Crippen LogP contribution is -2.31. The quantitative estimate of drug-likeness (QED) is 0.663. The Morgan fingerprint density at radius 1 is 1.46 bits per heavy atom. The van der Waals surface area contributed by atoms with E-state index in [0.717, 1.165) is 26.2 Å². The van der Waals surface area contributed by atoms with Crippen LogP contribution >= 0.6 is 0 Å². The molecule has 0 saturated carbocycles. The number of hydrogen-bond donors (Lipinski definition) is 2. The fourth-order valence-corrected chi connectivity index (χ4v) is 1.84. The molecule has 78 valence electrons. The van der Waals surface area contributed by atoms with Crippen molar-refractivity contribution in [3.05, 3.63) is 0 Å². The molecule has 0 aliphatic carbocycles. The highest BCUT2D eigenvalue weighted by Gasteiger charge is 2.31. The number of likely N-dealkylation sites (tertiary alicyclic amines) is 1. The maximum Gasteiger partial charge on any atom is 0.0719 e. The van der Waals surface area contributed by atoms with Crippen molar-refractivity contribution in [1.82, 2.24) is 10.2 Å². The molecule has 1 aliphatic heterocycles. The predicted octanol–water partition coefficient (Wildman–Crippen LogP) is 0.297. The van der Waals surface area contributed by atoms with Gasteiger partial charge in [0.2, 0.25) is 0 Å². The lowest BCUT2D eigenvalue weighted by Gasteiger charge is -2.19. The summed E-state index contributed by atoms with van der Waals surface area (Å²) in [5.74, 6) is 0.419. The molecule has 0 amide bonds. The van der Waals surface area contributed by atoms with Crippen molar-refractivity contribution >= 4 is 0 Å². The van der Waals surface area contributed by atoms with Gasteiger partial charge in [-0.2, -0.15) is 0 Å². The van der Waals surface area contributed by atoms with Crippen LogP contribution in [0.2, 0.25) is 0 Å². The summed E-state index contributed by atoms with van der Waals surface area (Å²) in [6.07, 6.45) is -0.138. The van der Waals surface area contributed by atoms with E-state index < -0.39 is 0 Å². The third-order valence-corrected chi connectivity index (χ3v) is 2.82. The third kappa shape index (κ3) is 2.93. The largest absolute Gasteiger partial charge is 0.391 e. The zero-order valence-electron chi connectivity index (χ0n) is 8.95. The zero-order chi connectivity index (χ0) is 9.84. The normalized spacial score (nSPS) is 30.2. The first-order valence-corrected chi connectivity index (χ1v) is 5.28. The zero-order valence-corrected chi connectivity index (χ0v) is 8.95. The maximum absolute atomic E-state index is 9.75. The van der Waals surface area contributed by atoms with E-state index in [4.69, 9.17) is 0 Å². The van der Waals surface area contributed by atoms with Gasteiger partial charge in [-0.25, -0.2) is 0 Å². The second-order valence-electron chi connectivity index (χ2n) is 4.18. The fraction of sp³-hybridized carbons (Fsp3) is 1.00. The van der Waals surface area contributed by atoms with Crippen molar-refractivity contribution in [2.75, 3.05) is 26.2 Å². The van der Waals surface area contributed by atoms with Crippen LogP contribution in [0.3, 0.4) is 0 Å². The average molecular weight is 186 g/mol. The van der Waals surface area contributed by atoms with Gasteiger partial charge in [-0.05, 0) is 20.4 Å². The van der Waals surface area contributed by atoms with Crippen LogP contribution in [0.25, 0.3) is 0 Å². The lowest BCUT2D eigenvalue weighted by molar-refractivity contribution is 0.138. The van der Waals surface area contributed by atoms with E-state index in [1.807, 2.05) is 0 Å². The topological polar surface area (TPSA) is 35.5 Å². The van der Waals surface area contributed by atoms with E-state index in [9.17, 15) is 5.11 Å². The molecule has 3 nitrogen and oxygen atoms in total. The van der Waals surface area contributed by atoms with Gasteiger partial charge in [0.25, 0.3) is 0 Å². The number of rotatable bonds is 4. The molecule has 13 heavy (non-hydrogen) atoms. The molecule has 2 atom stereocenters. The standard InChI is InChI=1S/C10H22N2O/c1-4-11-5-9-6-12(8(2)3)7-10(9)13/h8-11,13H,4-7H2,1-3H3/t9-,10+/m0/s1. The van der Waals surface area contributed by atoms with Gasteiger partial charge >= 0.3 is 0 Å². The van der Waals surface area contributed by atoms with Crippen molar-refractivity contribution in [3.63, 3.8) is 0 Å². The monoisotopic (exact) mass is 186 g/mol. The average Bonchev–Trinajstić information content (AvgIpc) is 2.44. The molecular formula is C10H22N2O. The molecule has 0 unspecified atom stereocenters. The van der Waals surface area contributed by atoms with Crippen molar-refractivity contribution in [2.45, 2.75) is 32.9 Å². The molecule has 0 spiro atoms. The summed E-state index contributed by atoms with van der Waals surface area (Å²) in [5, 5.41) is 13.0. The summed E-state index contributed by atoms with van der Waals surface area (Å²) in [7, 11) is 0. The van der Waals surface area contributed by atoms with E-state index in [1.165, 1.54) is 0 Å². The molecule has 1 saturated heterocycles. The Kier molecular flexibility index (Phi) is 4.16. The Morgan fingerprint density at radius 3 is 2.62 bits per heavy atom. The fourth-order valence-electron chi connectivity index (χ4n) is 1.84. The highest BCUT2D eigenvalue weighted by atomic mass is 16.3. The Hall–Kier alpha value is -0.120. The molecule has 0 aromatic heterocycles. The van der Waals surface area contributed by atoms with Crippen molar-refractivity contribution in [3.8, 4) is 0 Å². The SMILES string of the molecule is CCNC[C@H]1CN(C(C)C)C[C@H]1O. The predicted molar refractivity (Wildman–Crippen MR) is 54.7 cm³/mol. The van der Waals surface area contributed by atoms with E-state index in [1.54, 1.807) is 0 Å². The van der Waals surface area contributed by atoms with Gasteiger partial charge in [0.1, 0.15) is 0 Å². The summed E-state index contributed by atoms with van der Waals surface area (Å²) >= 11 is 0. The number of nitrogens with one attached hydrogen (secondary N) is 1. The summed E-state index contributed by atoms with van der Waals surface area (Å²) < 4.78 is 0. The Balaban J connectivity index is 2.33. The minimum atomic E-state index is -0.138. The number of aliphatic hydroxyl groups excluding tert-OH is 1. The molecule has 0 aromatic rings. The number of aliphatic hydroxyl groups is 1. The van der Waals surface area contributed by atoms with Crippen molar-refractivity contribution in [2.24, 2.45) is 5.92 Å². The number of β-amino-alcohol motifs (C(OH)–C–C–N with tert-alkyl or cyclic N) is 1. The first-order valence-electron chi connectivity index (χ1n) is 5.28. The minimum Gasteiger partial charge on any atom is -0.391 e. The van der Waals surface area contributed by atoms with Crippen LogP contribution < -0.4 is 5.32 Å². The van der Waals surface area contributed by atoms with Gasteiger partial charge in [0.05, 0.1) is 6.10 Å². The molecule has 3 heteroatoms. The highest BCUT2D eigenvalue weighted by Crippen LogP contribution is 2.18. The van der Waals surface area contributed by atoms with E-state index >= 15 is 0 Å². The molecule has 0 bridgehead atoms. The van der Waals surface area contributed by atoms with Crippen molar-refractivity contribution < 1.29 is 5.11 Å². The van der Waals surface area contributed by atoms with Gasteiger partial charge in [0, 0.05) is 31.6 Å². The van der Waals surface area contributed by atoms with E-state index in [-0.39, 0.29) is 6.10 Å². The molecular weight excluding hydrogens is 164 g/mol. The molecule has 2 N–H and O–H groups in total. The Morgan fingerprint density at radius 2 is 2.15 bits per heavy atom. The van der Waals surface area contributed by atoms with Crippen LogP contribution in [0.15, 0.2) is 0 Å². The smallest absolute Gasteiger partial charge is 0.0719 e. The first-order chi connectivity index (χ1) is 6.15. The first kappa shape index (κ1) is 11.0. The molecule has 0 radical (unpaired) electrons. The maximum atomic E-state index is 9.75. The van der Waals surface area contributed by atoms with Crippen LogP contribution in [0.1, 0.15) is 20.8 Å². The summed E-state index contributed by atoms with van der Waals surface area (Å²) in [5.41, 5.74) is 0. The third-order valence-electron chi connectivity index (χ3n) is 2.82. The van der Waals surface area contributed by atoms with Crippen LogP contribution in [0.4, 0.5) is 0 Å². The lowest BCUT2D eigenvalue weighted by atomic mass is 10.1. The van der Waals surface area contributed by atoms with Crippen LogP contribution in [0.5, 0.6) is 0 Å². The molecule has 1 fully saturated rings. The van der Waals surface area contributed by atoms with E-state index in [2.05, 4.69) is 31.0 Å². The summed E-state index contributed by atoms with van der Waals surface area (Å²) in [6, 6.07) is 0.557. The summed E-state index contributed by atoms with van der Waals surface area (Å²) in [4.78, 5) is 2.34. The number of hydrogen-bond acceptors (Lipinski definition) is 3. The van der Waals surface area contributed by atoms with Crippen molar-refractivity contribution in [1.29, 1.82) is 0 Å². The van der Waals surface area contributed by atoms with Crippen LogP contribution in [-0.2, 0) is 0 Å². The van der Waals surface area contributed by atoms with Gasteiger partial charge in [-0.3, -0.25) is 4.90 Å². The number of nitrogens with zero attached hydrogens (tertiary/aromatic N) is 1.